The van der Waals surface area contributed by atoms with E-state index in [4.69, 9.17) is 11.6 Å². The Labute approximate surface area is 201 Å². The van der Waals surface area contributed by atoms with Crippen LogP contribution in [0.5, 0.6) is 0 Å². The van der Waals surface area contributed by atoms with Gasteiger partial charge in [0.05, 0.1) is 28.0 Å². The van der Waals surface area contributed by atoms with Gasteiger partial charge in [0.1, 0.15) is 5.69 Å². The van der Waals surface area contributed by atoms with E-state index in [1.807, 2.05) is 0 Å². The van der Waals surface area contributed by atoms with E-state index >= 15 is 0 Å². The molecule has 1 aliphatic rings. The van der Waals surface area contributed by atoms with Gasteiger partial charge in [0, 0.05) is 16.0 Å². The molecule has 0 bridgehead atoms. The maximum Gasteiger partial charge on any atom is 0.272 e. The van der Waals surface area contributed by atoms with Gasteiger partial charge >= 0.3 is 0 Å². The van der Waals surface area contributed by atoms with E-state index in [0.29, 0.717) is 49.8 Å². The van der Waals surface area contributed by atoms with Gasteiger partial charge in [-0.05, 0) is 52.9 Å². The molecular weight excluding hydrogens is 470 g/mol. The zero-order chi connectivity index (χ0) is 24.1. The second kappa shape index (κ2) is 7.89. The maximum atomic E-state index is 13.1. The molecule has 3 N–H and O–H groups in total. The number of aromatic nitrogens is 5. The van der Waals surface area contributed by atoms with Gasteiger partial charge in [-0.25, -0.2) is 10.00 Å². The predicted molar refractivity (Wildman–Crippen MR) is 128 cm³/mol. The Bertz CT molecular complexity index is 1620. The van der Waals surface area contributed by atoms with Crippen molar-refractivity contribution in [1.29, 1.82) is 0 Å². The highest BCUT2D eigenvalue weighted by molar-refractivity contribution is 6.36. The van der Waals surface area contributed by atoms with Crippen LogP contribution in [0.2, 0.25) is 5.02 Å². The van der Waals surface area contributed by atoms with Crippen molar-refractivity contribution in [1.82, 2.24) is 25.6 Å². The number of rotatable bonds is 4. The monoisotopic (exact) mass is 483 g/mol. The number of fused-ring (bicyclic) bond motifs is 2. The van der Waals surface area contributed by atoms with Crippen LogP contribution in [0.4, 0.5) is 11.4 Å². The van der Waals surface area contributed by atoms with Crippen molar-refractivity contribution in [2.75, 3.05) is 10.2 Å². The lowest BCUT2D eigenvalue weighted by molar-refractivity contribution is 0.0925. The smallest absolute Gasteiger partial charge is 0.272 e. The van der Waals surface area contributed by atoms with Gasteiger partial charge in [0.25, 0.3) is 17.7 Å². The normalized spacial score (nSPS) is 12.9. The van der Waals surface area contributed by atoms with E-state index in [9.17, 15) is 14.4 Å². The lowest BCUT2D eigenvalue weighted by Crippen LogP contribution is -2.29. The summed E-state index contributed by atoms with van der Waals surface area (Å²) < 4.78 is 0. The number of benzene rings is 3. The Balaban J connectivity index is 1.36. The summed E-state index contributed by atoms with van der Waals surface area (Å²) in [7, 11) is 0. The summed E-state index contributed by atoms with van der Waals surface area (Å²) >= 11 is 6.12. The number of imide groups is 1. The summed E-state index contributed by atoms with van der Waals surface area (Å²) in [6, 6.07) is 18.4. The lowest BCUT2D eigenvalue weighted by Gasteiger charge is -2.15. The SMILES string of the molecule is O=C(Nc1ccc(Cl)cc1-c1nnn[nH]1)c1cc2cccc(N3C(=O)c4ccccc4C3=O)c2[nH]1. The molecule has 0 aliphatic carbocycles. The van der Waals surface area contributed by atoms with Gasteiger partial charge < -0.3 is 10.3 Å². The van der Waals surface area contributed by atoms with Crippen LogP contribution in [0.3, 0.4) is 0 Å². The maximum absolute atomic E-state index is 13.1. The number of carbonyl (C=O) groups excluding carboxylic acids is 3. The molecule has 6 rings (SSSR count). The Hall–Kier alpha value is -4.83. The second-order valence-electron chi connectivity index (χ2n) is 7.81. The number of H-pyrrole nitrogens is 2. The number of amides is 3. The van der Waals surface area contributed by atoms with Crippen LogP contribution >= 0.6 is 11.6 Å². The number of nitrogens with zero attached hydrogens (tertiary/aromatic N) is 4. The molecule has 0 saturated carbocycles. The van der Waals surface area contributed by atoms with Crippen LogP contribution in [-0.4, -0.2) is 43.3 Å². The van der Waals surface area contributed by atoms with Crippen molar-refractivity contribution in [3.63, 3.8) is 0 Å². The Morgan fingerprint density at radius 3 is 2.40 bits per heavy atom. The van der Waals surface area contributed by atoms with E-state index < -0.39 is 17.7 Å². The highest BCUT2D eigenvalue weighted by Crippen LogP contribution is 2.34. The van der Waals surface area contributed by atoms with Crippen LogP contribution in [-0.2, 0) is 0 Å². The van der Waals surface area contributed by atoms with Crippen molar-refractivity contribution < 1.29 is 14.4 Å². The van der Waals surface area contributed by atoms with E-state index in [1.54, 1.807) is 66.7 Å². The van der Waals surface area contributed by atoms with E-state index in [-0.39, 0.29) is 5.69 Å². The number of nitrogens with one attached hydrogen (secondary N) is 3. The number of hydrogen-bond acceptors (Lipinski definition) is 6. The number of halogens is 1. The van der Waals surface area contributed by atoms with Gasteiger partial charge in [0.2, 0.25) is 0 Å². The van der Waals surface area contributed by atoms with Gasteiger partial charge in [0.15, 0.2) is 5.82 Å². The van der Waals surface area contributed by atoms with Crippen LogP contribution < -0.4 is 10.2 Å². The summed E-state index contributed by atoms with van der Waals surface area (Å²) in [5.74, 6) is -0.923. The third kappa shape index (κ3) is 3.35. The number of anilines is 2. The lowest BCUT2D eigenvalue weighted by atomic mass is 10.1. The Morgan fingerprint density at radius 2 is 1.69 bits per heavy atom. The molecule has 3 amide bonds. The van der Waals surface area contributed by atoms with Crippen LogP contribution in [0.15, 0.2) is 66.7 Å². The molecule has 11 heteroatoms. The molecule has 3 heterocycles. The number of aromatic amines is 2. The highest BCUT2D eigenvalue weighted by Gasteiger charge is 2.37. The van der Waals surface area contributed by atoms with Crippen molar-refractivity contribution in [3.8, 4) is 11.4 Å². The average molecular weight is 484 g/mol. The molecule has 0 saturated heterocycles. The minimum atomic E-state index is -0.439. The predicted octanol–water partition coefficient (Wildman–Crippen LogP) is 4.05. The molecule has 0 radical (unpaired) electrons. The first-order chi connectivity index (χ1) is 17.0. The molecule has 0 atom stereocenters. The van der Waals surface area contributed by atoms with Crippen molar-refractivity contribution in [2.24, 2.45) is 0 Å². The fourth-order valence-corrected chi connectivity index (χ4v) is 4.31. The third-order valence-electron chi connectivity index (χ3n) is 5.74. The number of carbonyl (C=O) groups is 3. The highest BCUT2D eigenvalue weighted by atomic mass is 35.5. The average Bonchev–Trinajstić information content (AvgIpc) is 3.60. The topological polar surface area (TPSA) is 137 Å². The third-order valence-corrected chi connectivity index (χ3v) is 5.98. The summed E-state index contributed by atoms with van der Waals surface area (Å²) in [4.78, 5) is 43.3. The quantitative estimate of drug-likeness (QED) is 0.330. The van der Waals surface area contributed by atoms with Crippen LogP contribution in [0.1, 0.15) is 31.2 Å². The Kier molecular flexibility index (Phi) is 4.68. The fraction of sp³-hybridized carbons (Fsp3) is 0. The van der Waals surface area contributed by atoms with E-state index in [1.165, 1.54) is 0 Å². The van der Waals surface area contributed by atoms with Crippen LogP contribution in [0.25, 0.3) is 22.3 Å². The van der Waals surface area contributed by atoms with Crippen LogP contribution in [0, 0.1) is 0 Å². The first-order valence-corrected chi connectivity index (χ1v) is 10.8. The molecule has 2 aromatic heterocycles. The van der Waals surface area contributed by atoms with E-state index in [0.717, 1.165) is 4.90 Å². The fourth-order valence-electron chi connectivity index (χ4n) is 4.14. The number of tetrazole rings is 1. The largest absolute Gasteiger partial charge is 0.349 e. The number of hydrogen-bond donors (Lipinski definition) is 3. The summed E-state index contributed by atoms with van der Waals surface area (Å²) in [6.07, 6.45) is 0. The minimum Gasteiger partial charge on any atom is -0.349 e. The minimum absolute atomic E-state index is 0.237. The molecular formula is C24H14ClN7O3. The van der Waals surface area contributed by atoms with Gasteiger partial charge in [-0.1, -0.05) is 35.9 Å². The first-order valence-electron chi connectivity index (χ1n) is 10.5. The molecule has 35 heavy (non-hydrogen) atoms. The van der Waals surface area contributed by atoms with Gasteiger partial charge in [-0.3, -0.25) is 14.4 Å². The summed E-state index contributed by atoms with van der Waals surface area (Å²) in [5.41, 5.74) is 2.74. The summed E-state index contributed by atoms with van der Waals surface area (Å²) in [6.45, 7) is 0. The van der Waals surface area contributed by atoms with Crippen molar-refractivity contribution in [3.05, 3.63) is 88.6 Å². The van der Waals surface area contributed by atoms with E-state index in [2.05, 4.69) is 30.9 Å². The molecule has 0 spiro atoms. The first kappa shape index (κ1) is 20.8. The molecule has 0 fully saturated rings. The standard InChI is InChI=1S/C24H14ClN7O3/c25-13-8-9-17(16(11-13)21-28-30-31-29-21)27-22(33)18-10-12-4-3-7-19(20(12)26-18)32-23(34)14-5-1-2-6-15(14)24(32)35/h1-11,26H,(H,27,33)(H,28,29,30,31). The van der Waals surface area contributed by atoms with Gasteiger partial charge in [-0.2, -0.15) is 0 Å². The van der Waals surface area contributed by atoms with Crippen molar-refractivity contribution >= 4 is 51.6 Å². The molecule has 0 unspecified atom stereocenters. The second-order valence-corrected chi connectivity index (χ2v) is 8.25. The molecule has 170 valence electrons. The molecule has 10 nitrogen and oxygen atoms in total. The molecule has 3 aromatic carbocycles. The van der Waals surface area contributed by atoms with Crippen molar-refractivity contribution in [2.45, 2.75) is 0 Å². The molecule has 1 aliphatic heterocycles. The zero-order valence-electron chi connectivity index (χ0n) is 17.7. The molecule has 5 aromatic rings. The summed E-state index contributed by atoms with van der Waals surface area (Å²) in [5, 5.41) is 17.6. The number of para-hydroxylation sites is 1. The van der Waals surface area contributed by atoms with Gasteiger partial charge in [-0.15, -0.1) is 5.10 Å². The zero-order valence-corrected chi connectivity index (χ0v) is 18.5. The Morgan fingerprint density at radius 1 is 0.914 bits per heavy atom.